The second-order valence-corrected chi connectivity index (χ2v) is 25.5. The van der Waals surface area contributed by atoms with Crippen molar-refractivity contribution >= 4 is 33.6 Å². The van der Waals surface area contributed by atoms with Crippen LogP contribution in [0.15, 0.2) is 85.1 Å². The van der Waals surface area contributed by atoms with Gasteiger partial charge in [-0.3, -0.25) is 32.5 Å². The molecule has 0 aliphatic carbocycles. The van der Waals surface area contributed by atoms with Crippen molar-refractivity contribution < 1.29 is 75.8 Å². The van der Waals surface area contributed by atoms with Gasteiger partial charge in [-0.1, -0.05) is 254 Å². The van der Waals surface area contributed by atoms with Crippen LogP contribution >= 0.6 is 15.6 Å². The number of aliphatic hydroxyl groups excluding tert-OH is 2. The Labute approximate surface area is 527 Å². The van der Waals surface area contributed by atoms with Gasteiger partial charge in [0, 0.05) is 19.3 Å². The molecule has 4 N–H and O–H groups in total. The molecular formula is C69H122O16P2. The van der Waals surface area contributed by atoms with Crippen LogP contribution in [0.2, 0.25) is 0 Å². The maximum atomic E-state index is 12.9. The average Bonchev–Trinajstić information content (AvgIpc) is 3.69. The zero-order valence-electron chi connectivity index (χ0n) is 54.4. The van der Waals surface area contributed by atoms with Gasteiger partial charge in [0.05, 0.1) is 26.4 Å². The van der Waals surface area contributed by atoms with Crippen LogP contribution in [0.1, 0.15) is 278 Å². The van der Waals surface area contributed by atoms with E-state index in [1.807, 2.05) is 0 Å². The van der Waals surface area contributed by atoms with Crippen molar-refractivity contribution in [3.05, 3.63) is 85.1 Å². The minimum absolute atomic E-state index is 0.106. The van der Waals surface area contributed by atoms with Crippen LogP contribution in [0.3, 0.4) is 0 Å². The number of carbonyl (C=O) groups is 3. The first kappa shape index (κ1) is 83.7. The molecule has 0 rings (SSSR count). The lowest BCUT2D eigenvalue weighted by Crippen LogP contribution is -2.30. The molecule has 5 atom stereocenters. The van der Waals surface area contributed by atoms with Crippen molar-refractivity contribution in [2.24, 2.45) is 0 Å². The lowest BCUT2D eigenvalue weighted by molar-refractivity contribution is -0.161. The fraction of sp³-hybridized carbons (Fsp3) is 0.754. The predicted molar refractivity (Wildman–Crippen MR) is 353 cm³/mol. The molecule has 0 aromatic heterocycles. The van der Waals surface area contributed by atoms with Gasteiger partial charge in [-0.2, -0.15) is 0 Å². The number of phosphoric acid groups is 2. The van der Waals surface area contributed by atoms with Gasteiger partial charge < -0.3 is 34.2 Å². The van der Waals surface area contributed by atoms with Crippen LogP contribution in [0, 0.1) is 0 Å². The third-order valence-corrected chi connectivity index (χ3v) is 16.0. The highest BCUT2D eigenvalue weighted by atomic mass is 31.2. The molecule has 504 valence electrons. The Morgan fingerprint density at radius 1 is 0.333 bits per heavy atom. The zero-order chi connectivity index (χ0) is 63.8. The molecular weight excluding hydrogens is 1150 g/mol. The quantitative estimate of drug-likeness (QED) is 0.0146. The van der Waals surface area contributed by atoms with Crippen LogP contribution in [0.4, 0.5) is 0 Å². The summed E-state index contributed by atoms with van der Waals surface area (Å²) >= 11 is 0. The second kappa shape index (κ2) is 62.9. The van der Waals surface area contributed by atoms with Gasteiger partial charge >= 0.3 is 33.6 Å². The number of phosphoric ester groups is 2. The number of esters is 3. The summed E-state index contributed by atoms with van der Waals surface area (Å²) in [7, 11) is -9.77. The molecule has 87 heavy (non-hydrogen) atoms. The normalized spacial score (nSPS) is 14.8. The van der Waals surface area contributed by atoms with Crippen LogP contribution in [-0.2, 0) is 55.8 Å². The molecule has 0 aliphatic rings. The van der Waals surface area contributed by atoms with E-state index in [0.29, 0.717) is 19.3 Å². The first-order valence-electron chi connectivity index (χ1n) is 33.9. The van der Waals surface area contributed by atoms with Gasteiger partial charge in [-0.05, 0) is 89.9 Å². The monoisotopic (exact) mass is 1270 g/mol. The molecule has 5 unspecified atom stereocenters. The minimum Gasteiger partial charge on any atom is -0.463 e. The number of rotatable bonds is 64. The molecule has 0 bridgehead atoms. The largest absolute Gasteiger partial charge is 0.472 e. The second-order valence-electron chi connectivity index (χ2n) is 22.6. The fourth-order valence-electron chi connectivity index (χ4n) is 8.93. The van der Waals surface area contributed by atoms with Gasteiger partial charge in [0.1, 0.15) is 25.4 Å². The van der Waals surface area contributed by atoms with E-state index in [-0.39, 0.29) is 19.3 Å². The molecule has 16 nitrogen and oxygen atoms in total. The lowest BCUT2D eigenvalue weighted by Gasteiger charge is -2.21. The van der Waals surface area contributed by atoms with Gasteiger partial charge in [0.15, 0.2) is 6.10 Å². The topological polar surface area (TPSA) is 231 Å². The van der Waals surface area contributed by atoms with Crippen molar-refractivity contribution in [3.63, 3.8) is 0 Å². The zero-order valence-corrected chi connectivity index (χ0v) is 56.2. The van der Waals surface area contributed by atoms with E-state index in [4.69, 9.17) is 32.3 Å². The van der Waals surface area contributed by atoms with E-state index in [1.165, 1.54) is 77.0 Å². The molecule has 18 heteroatoms. The van der Waals surface area contributed by atoms with Gasteiger partial charge in [-0.25, -0.2) is 9.13 Å². The minimum atomic E-state index is -4.92. The van der Waals surface area contributed by atoms with Crippen molar-refractivity contribution in [1.82, 2.24) is 0 Å². The third kappa shape index (κ3) is 64.1. The Balaban J connectivity index is 4.51. The number of unbranched alkanes of at least 4 members (excludes halogenated alkanes) is 27. The molecule has 0 aromatic rings. The summed E-state index contributed by atoms with van der Waals surface area (Å²) in [5.41, 5.74) is 0. The van der Waals surface area contributed by atoms with Crippen molar-refractivity contribution in [1.29, 1.82) is 0 Å². The lowest BCUT2D eigenvalue weighted by atomic mass is 10.0. The number of hydrogen-bond acceptors (Lipinski definition) is 14. The van der Waals surface area contributed by atoms with E-state index >= 15 is 0 Å². The Bertz CT molecular complexity index is 1930. The summed E-state index contributed by atoms with van der Waals surface area (Å²) in [6.45, 7) is 2.47. The van der Waals surface area contributed by atoms with Crippen LogP contribution < -0.4 is 0 Å². The van der Waals surface area contributed by atoms with E-state index in [1.54, 1.807) is 0 Å². The maximum absolute atomic E-state index is 12.9. The van der Waals surface area contributed by atoms with E-state index in [9.17, 15) is 43.5 Å². The van der Waals surface area contributed by atoms with Gasteiger partial charge in [0.2, 0.25) is 0 Å². The van der Waals surface area contributed by atoms with Crippen molar-refractivity contribution in [2.75, 3.05) is 39.6 Å². The Morgan fingerprint density at radius 3 is 1.01 bits per heavy atom. The summed E-state index contributed by atoms with van der Waals surface area (Å²) in [6, 6.07) is 0. The molecule has 0 radical (unpaired) electrons. The molecule has 0 fully saturated rings. The molecule has 0 saturated carbocycles. The highest BCUT2D eigenvalue weighted by Crippen LogP contribution is 2.45. The van der Waals surface area contributed by atoms with Gasteiger partial charge in [-0.15, -0.1) is 0 Å². The van der Waals surface area contributed by atoms with E-state index < -0.39 is 91.5 Å². The molecule has 0 aliphatic heterocycles. The highest BCUT2D eigenvalue weighted by molar-refractivity contribution is 7.47. The third-order valence-electron chi connectivity index (χ3n) is 14.1. The fourth-order valence-corrected chi connectivity index (χ4v) is 10.5. The Hall–Kier alpha value is -3.27. The van der Waals surface area contributed by atoms with E-state index in [2.05, 4.69) is 106 Å². The molecule has 0 heterocycles. The number of hydrogen-bond donors (Lipinski definition) is 4. The molecule has 0 saturated heterocycles. The molecule has 0 amide bonds. The smallest absolute Gasteiger partial charge is 0.463 e. The van der Waals surface area contributed by atoms with Crippen LogP contribution in [0.5, 0.6) is 0 Å². The van der Waals surface area contributed by atoms with Gasteiger partial charge in [0.25, 0.3) is 0 Å². The summed E-state index contributed by atoms with van der Waals surface area (Å²) in [4.78, 5) is 58.2. The maximum Gasteiger partial charge on any atom is 0.472 e. The first-order chi connectivity index (χ1) is 42.2. The van der Waals surface area contributed by atoms with Crippen LogP contribution in [-0.4, -0.2) is 95.9 Å². The highest BCUT2D eigenvalue weighted by Gasteiger charge is 2.29. The van der Waals surface area contributed by atoms with Crippen LogP contribution in [0.25, 0.3) is 0 Å². The summed E-state index contributed by atoms with van der Waals surface area (Å²) in [6.07, 6.45) is 66.4. The predicted octanol–water partition coefficient (Wildman–Crippen LogP) is 18.5. The molecule has 0 aromatic carbocycles. The SMILES string of the molecule is CC/C=C\C/C=C\C/C=C\C/C=C\C/C=C\CCCCCCCCCCCC(=O)OCC(O)COP(=O)(O)OCC(O)COP(=O)(O)OCC(COC(=O)CCCCCCC/C=C\C/C=C\CCC)OC(=O)CCCCCCCCCCCCCCC. The summed E-state index contributed by atoms with van der Waals surface area (Å²) in [5.74, 6) is -1.59. The summed E-state index contributed by atoms with van der Waals surface area (Å²) in [5, 5.41) is 20.5. The Kier molecular flexibility index (Phi) is 60.5. The van der Waals surface area contributed by atoms with E-state index in [0.717, 1.165) is 141 Å². The Morgan fingerprint density at radius 2 is 0.632 bits per heavy atom. The van der Waals surface area contributed by atoms with Crippen molar-refractivity contribution in [3.8, 4) is 0 Å². The first-order valence-corrected chi connectivity index (χ1v) is 36.9. The summed E-state index contributed by atoms with van der Waals surface area (Å²) < 4.78 is 60.8. The van der Waals surface area contributed by atoms with Crippen molar-refractivity contribution in [2.45, 2.75) is 296 Å². The number of aliphatic hydroxyl groups is 2. The average molecular weight is 1270 g/mol. The number of allylic oxidation sites excluding steroid dienone is 14. The number of ether oxygens (including phenoxy) is 3. The standard InChI is InChI=1S/C69H122O16P2/c1-4-7-10-13-16-19-22-25-26-27-28-29-30-31-32-33-34-35-36-39-41-43-46-49-52-55-67(72)79-58-64(70)59-81-86(75,76)82-60-65(71)61-83-87(77,78)84-63-66(85-69(74)57-54-51-48-45-42-38-24-21-18-15-12-9-6-3)62-80-68(73)56-53-50-47-44-40-37-23-20-17-14-11-8-5-2/h7,10-11,14,16,19-20,23,25-26,28-29,31-32,64-66,70-71H,4-6,8-9,12-13,15,17-18,21-22,24,27,30,33-63H2,1-3H3,(H,75,76)(H,77,78)/b10-7-,14-11-,19-16-,23-20-,26-25-,29-28-,32-31-. The number of carbonyl (C=O) groups excluding carboxylic acids is 3. The molecule has 0 spiro atoms.